The first kappa shape index (κ1) is 16.9. The number of carbonyl (C=O) groups is 2. The van der Waals surface area contributed by atoms with Crippen LogP contribution in [0.2, 0.25) is 5.02 Å². The van der Waals surface area contributed by atoms with Gasteiger partial charge in [-0.15, -0.1) is 0 Å². The number of halogens is 1. The molecular weight excluding hydrogens is 322 g/mol. The van der Waals surface area contributed by atoms with Crippen LogP contribution >= 0.6 is 11.6 Å². The van der Waals surface area contributed by atoms with Crippen molar-refractivity contribution in [1.82, 2.24) is 4.90 Å². The Morgan fingerprint density at radius 1 is 1.57 bits per heavy atom. The molecule has 1 aromatic carbocycles. The van der Waals surface area contributed by atoms with Crippen LogP contribution in [0, 0.1) is 11.3 Å². The van der Waals surface area contributed by atoms with Gasteiger partial charge in [0.15, 0.2) is 0 Å². The summed E-state index contributed by atoms with van der Waals surface area (Å²) in [5, 5.41) is 21.2. The van der Waals surface area contributed by atoms with E-state index in [-0.39, 0.29) is 35.5 Å². The molecule has 1 aliphatic heterocycles. The maximum atomic E-state index is 11.4. The number of carboxylic acid groups (broad SMARTS) is 1. The first-order valence-corrected chi connectivity index (χ1v) is 7.41. The molecule has 23 heavy (non-hydrogen) atoms. The predicted molar refractivity (Wildman–Crippen MR) is 84.0 cm³/mol. The number of ether oxygens (including phenoxy) is 1. The molecule has 0 aliphatic carbocycles. The third kappa shape index (κ3) is 3.32. The second-order valence-electron chi connectivity index (χ2n) is 5.13. The molecule has 0 saturated carbocycles. The Kier molecular flexibility index (Phi) is 4.96. The van der Waals surface area contributed by atoms with Crippen LogP contribution in [0.1, 0.15) is 30.9 Å². The summed E-state index contributed by atoms with van der Waals surface area (Å²) in [7, 11) is 0. The predicted octanol–water partition coefficient (Wildman–Crippen LogP) is 2.65. The number of hydrogen-bond donors (Lipinski definition) is 2. The summed E-state index contributed by atoms with van der Waals surface area (Å²) in [6.45, 7) is 3.98. The zero-order valence-corrected chi connectivity index (χ0v) is 13.5. The van der Waals surface area contributed by atoms with Gasteiger partial charge in [0, 0.05) is 31.5 Å². The van der Waals surface area contributed by atoms with Gasteiger partial charge in [0.1, 0.15) is 11.8 Å². The van der Waals surface area contributed by atoms with E-state index in [0.29, 0.717) is 23.6 Å². The van der Waals surface area contributed by atoms with Crippen LogP contribution < -0.4 is 10.1 Å². The molecule has 0 aromatic heterocycles. The molecule has 1 aromatic rings. The minimum absolute atomic E-state index is 0.198. The summed E-state index contributed by atoms with van der Waals surface area (Å²) < 4.78 is 5.63. The van der Waals surface area contributed by atoms with E-state index < -0.39 is 6.09 Å². The van der Waals surface area contributed by atoms with Gasteiger partial charge in [-0.25, -0.2) is 4.79 Å². The summed E-state index contributed by atoms with van der Waals surface area (Å²) in [5.74, 6) is -0.120. The minimum atomic E-state index is -1.01. The Balaban J connectivity index is 2.52. The van der Waals surface area contributed by atoms with Crippen molar-refractivity contribution in [2.24, 2.45) is 0 Å². The largest absolute Gasteiger partial charge is 0.491 e. The molecule has 0 radical (unpaired) electrons. The lowest BCUT2D eigenvalue weighted by Gasteiger charge is -2.38. The van der Waals surface area contributed by atoms with Gasteiger partial charge < -0.3 is 20.1 Å². The molecule has 0 atom stereocenters. The Bertz CT molecular complexity index is 693. The van der Waals surface area contributed by atoms with Crippen LogP contribution in [0.15, 0.2) is 6.07 Å². The lowest BCUT2D eigenvalue weighted by Crippen LogP contribution is -2.48. The third-order valence-electron chi connectivity index (χ3n) is 3.54. The molecule has 1 heterocycles. The molecule has 1 aliphatic rings. The standard InChI is InChI=1S/C15H16ClN3O4/c1-3-23-14-12(18-8(2)20)4-11(16)10(5-17)13(14)9-6-19(7-9)15(21)22/h4,9H,3,6-7H2,1-2H3,(H,18,20)(H,21,22). The minimum Gasteiger partial charge on any atom is -0.491 e. The van der Waals surface area contributed by atoms with Crippen molar-refractivity contribution in [3.8, 4) is 11.8 Å². The van der Waals surface area contributed by atoms with Crippen LogP contribution in [-0.2, 0) is 4.79 Å². The maximum Gasteiger partial charge on any atom is 0.407 e. The van der Waals surface area contributed by atoms with E-state index in [0.717, 1.165) is 0 Å². The number of nitrogens with zero attached hydrogens (tertiary/aromatic N) is 2. The topological polar surface area (TPSA) is 103 Å². The van der Waals surface area contributed by atoms with Crippen molar-refractivity contribution >= 4 is 29.3 Å². The molecule has 1 fully saturated rings. The van der Waals surface area contributed by atoms with Gasteiger partial charge in [0.25, 0.3) is 0 Å². The maximum absolute atomic E-state index is 11.4. The number of carbonyl (C=O) groups excluding carboxylic acids is 1. The number of rotatable bonds is 4. The summed E-state index contributed by atoms with van der Waals surface area (Å²) in [5.41, 5.74) is 1.18. The normalized spacial score (nSPS) is 13.9. The fourth-order valence-corrected chi connectivity index (χ4v) is 2.81. The molecule has 7 nitrogen and oxygen atoms in total. The highest BCUT2D eigenvalue weighted by atomic mass is 35.5. The lowest BCUT2D eigenvalue weighted by molar-refractivity contribution is -0.114. The van der Waals surface area contributed by atoms with E-state index in [2.05, 4.69) is 5.32 Å². The van der Waals surface area contributed by atoms with E-state index in [4.69, 9.17) is 21.4 Å². The number of likely N-dealkylation sites (tertiary alicyclic amines) is 1. The molecule has 0 unspecified atom stereocenters. The molecule has 8 heteroatoms. The van der Waals surface area contributed by atoms with Crippen LogP contribution in [0.4, 0.5) is 10.5 Å². The SMILES string of the molecule is CCOc1c(NC(C)=O)cc(Cl)c(C#N)c1C1CN(C(=O)O)C1. The summed E-state index contributed by atoms with van der Waals surface area (Å²) >= 11 is 6.16. The Morgan fingerprint density at radius 2 is 2.22 bits per heavy atom. The van der Waals surface area contributed by atoms with Crippen molar-refractivity contribution in [3.05, 3.63) is 22.2 Å². The second-order valence-corrected chi connectivity index (χ2v) is 5.54. The van der Waals surface area contributed by atoms with Crippen molar-refractivity contribution in [2.45, 2.75) is 19.8 Å². The van der Waals surface area contributed by atoms with Gasteiger partial charge in [-0.05, 0) is 13.0 Å². The first-order valence-electron chi connectivity index (χ1n) is 7.03. The molecule has 2 amide bonds. The monoisotopic (exact) mass is 337 g/mol. The van der Waals surface area contributed by atoms with Crippen molar-refractivity contribution in [2.75, 3.05) is 25.0 Å². The van der Waals surface area contributed by atoms with E-state index in [1.165, 1.54) is 17.9 Å². The quantitative estimate of drug-likeness (QED) is 0.879. The lowest BCUT2D eigenvalue weighted by atomic mass is 9.87. The molecule has 0 bridgehead atoms. The Hall–Kier alpha value is -2.46. The highest BCUT2D eigenvalue weighted by Gasteiger charge is 2.36. The van der Waals surface area contributed by atoms with Gasteiger partial charge in [-0.3, -0.25) is 4.79 Å². The molecule has 122 valence electrons. The van der Waals surface area contributed by atoms with E-state index in [1.807, 2.05) is 6.07 Å². The number of benzene rings is 1. The van der Waals surface area contributed by atoms with E-state index >= 15 is 0 Å². The Labute approximate surface area is 138 Å². The highest BCUT2D eigenvalue weighted by Crippen LogP contribution is 2.43. The van der Waals surface area contributed by atoms with Crippen molar-refractivity contribution in [1.29, 1.82) is 5.26 Å². The second kappa shape index (κ2) is 6.75. The molecule has 0 spiro atoms. The van der Waals surface area contributed by atoms with Gasteiger partial charge >= 0.3 is 6.09 Å². The average Bonchev–Trinajstić information content (AvgIpc) is 2.40. The number of anilines is 1. The fraction of sp³-hybridized carbons (Fsp3) is 0.400. The van der Waals surface area contributed by atoms with Crippen molar-refractivity contribution in [3.63, 3.8) is 0 Å². The van der Waals surface area contributed by atoms with Crippen LogP contribution in [0.25, 0.3) is 0 Å². The third-order valence-corrected chi connectivity index (χ3v) is 3.84. The van der Waals surface area contributed by atoms with Gasteiger partial charge in [-0.2, -0.15) is 5.26 Å². The smallest absolute Gasteiger partial charge is 0.407 e. The summed E-state index contributed by atoms with van der Waals surface area (Å²) in [6, 6.07) is 3.52. The van der Waals surface area contributed by atoms with E-state index in [9.17, 15) is 14.9 Å². The fourth-order valence-electron chi connectivity index (χ4n) is 2.55. The zero-order chi connectivity index (χ0) is 17.1. The summed E-state index contributed by atoms with van der Waals surface area (Å²) in [6.07, 6.45) is -1.01. The van der Waals surface area contributed by atoms with Crippen LogP contribution in [0.3, 0.4) is 0 Å². The molecule has 2 N–H and O–H groups in total. The number of hydrogen-bond acceptors (Lipinski definition) is 4. The number of nitriles is 1. The average molecular weight is 338 g/mol. The highest BCUT2D eigenvalue weighted by molar-refractivity contribution is 6.32. The van der Waals surface area contributed by atoms with Crippen molar-refractivity contribution < 1.29 is 19.4 Å². The Morgan fingerprint density at radius 3 is 2.70 bits per heavy atom. The van der Waals surface area contributed by atoms with Gasteiger partial charge in [0.2, 0.25) is 5.91 Å². The van der Waals surface area contributed by atoms with Crippen LogP contribution in [0.5, 0.6) is 5.75 Å². The summed E-state index contributed by atoms with van der Waals surface area (Å²) in [4.78, 5) is 23.6. The first-order chi connectivity index (χ1) is 10.9. The number of amides is 2. The number of nitrogens with one attached hydrogen (secondary N) is 1. The molecular formula is C15H16ClN3O4. The zero-order valence-electron chi connectivity index (χ0n) is 12.7. The van der Waals surface area contributed by atoms with E-state index in [1.54, 1.807) is 6.92 Å². The van der Waals surface area contributed by atoms with Crippen LogP contribution in [-0.4, -0.2) is 41.7 Å². The van der Waals surface area contributed by atoms with Gasteiger partial charge in [-0.1, -0.05) is 11.6 Å². The molecule has 1 saturated heterocycles. The van der Waals surface area contributed by atoms with Gasteiger partial charge in [0.05, 0.1) is 22.9 Å². The molecule has 2 rings (SSSR count).